The number of rotatable bonds is 3. The molecule has 0 amide bonds. The van der Waals surface area contributed by atoms with Gasteiger partial charge in [0.25, 0.3) is 0 Å². The molecule has 0 aliphatic carbocycles. The van der Waals surface area contributed by atoms with Gasteiger partial charge in [0.15, 0.2) is 0 Å². The van der Waals surface area contributed by atoms with Crippen LogP contribution in [0.1, 0.15) is 11.1 Å². The molecule has 0 unspecified atom stereocenters. The van der Waals surface area contributed by atoms with Crippen molar-refractivity contribution in [3.8, 4) is 0 Å². The van der Waals surface area contributed by atoms with Crippen LogP contribution in [0.3, 0.4) is 0 Å². The lowest BCUT2D eigenvalue weighted by atomic mass is 10.00. The van der Waals surface area contributed by atoms with E-state index in [4.69, 9.17) is 11.6 Å². The van der Waals surface area contributed by atoms with Gasteiger partial charge < -0.3 is 0 Å². The first-order chi connectivity index (χ1) is 7.75. The molecule has 1 heteroatoms. The second-order valence-corrected chi connectivity index (χ2v) is 4.21. The second kappa shape index (κ2) is 5.00. The summed E-state index contributed by atoms with van der Waals surface area (Å²) in [5, 5.41) is 0.772. The minimum atomic E-state index is 0.772. The highest BCUT2D eigenvalue weighted by Gasteiger charge is 1.99. The summed E-state index contributed by atoms with van der Waals surface area (Å²) < 4.78 is 0. The Morgan fingerprint density at radius 2 is 1.56 bits per heavy atom. The van der Waals surface area contributed by atoms with Crippen molar-refractivity contribution in [2.24, 2.45) is 0 Å². The van der Waals surface area contributed by atoms with Crippen molar-refractivity contribution in [3.05, 3.63) is 77.3 Å². The lowest BCUT2D eigenvalue weighted by Crippen LogP contribution is -1.88. The van der Waals surface area contributed by atoms with Gasteiger partial charge in [0, 0.05) is 5.02 Å². The van der Waals surface area contributed by atoms with E-state index < -0.39 is 0 Å². The molecule has 0 aliphatic rings. The zero-order valence-corrected chi connectivity index (χ0v) is 9.74. The molecule has 0 saturated carbocycles. The molecule has 0 radical (unpaired) electrons. The van der Waals surface area contributed by atoms with Crippen LogP contribution in [0.15, 0.2) is 61.2 Å². The third-order valence-electron chi connectivity index (χ3n) is 2.51. The fraction of sp³-hybridized carbons (Fsp3) is 0.0667. The third-order valence-corrected chi connectivity index (χ3v) is 2.76. The number of halogens is 1. The normalized spacial score (nSPS) is 10.1. The molecule has 0 atom stereocenters. The van der Waals surface area contributed by atoms with E-state index in [-0.39, 0.29) is 0 Å². The SMILES string of the molecule is C=C(Cc1ccc(Cl)cc1)c1ccccc1. The first kappa shape index (κ1) is 11.0. The van der Waals surface area contributed by atoms with Crippen LogP contribution in [-0.2, 0) is 6.42 Å². The van der Waals surface area contributed by atoms with Crippen molar-refractivity contribution < 1.29 is 0 Å². The predicted octanol–water partition coefficient (Wildman–Crippen LogP) is 4.60. The van der Waals surface area contributed by atoms with Gasteiger partial charge in [-0.05, 0) is 35.3 Å². The Balaban J connectivity index is 2.11. The van der Waals surface area contributed by atoms with Gasteiger partial charge in [0.05, 0.1) is 0 Å². The summed E-state index contributed by atoms with van der Waals surface area (Å²) in [6.45, 7) is 4.11. The molecule has 2 rings (SSSR count). The van der Waals surface area contributed by atoms with Crippen LogP contribution in [0.25, 0.3) is 5.57 Å². The highest BCUT2D eigenvalue weighted by molar-refractivity contribution is 6.30. The van der Waals surface area contributed by atoms with E-state index >= 15 is 0 Å². The van der Waals surface area contributed by atoms with Crippen LogP contribution < -0.4 is 0 Å². The minimum Gasteiger partial charge on any atom is -0.0949 e. The van der Waals surface area contributed by atoms with Crippen molar-refractivity contribution in [3.63, 3.8) is 0 Å². The molecule has 0 bridgehead atoms. The molecule has 0 aliphatic heterocycles. The van der Waals surface area contributed by atoms with Crippen molar-refractivity contribution >= 4 is 17.2 Å². The largest absolute Gasteiger partial charge is 0.0949 e. The van der Waals surface area contributed by atoms with Crippen LogP contribution in [0.4, 0.5) is 0 Å². The van der Waals surface area contributed by atoms with Gasteiger partial charge in [-0.3, -0.25) is 0 Å². The van der Waals surface area contributed by atoms with Gasteiger partial charge in [-0.1, -0.05) is 60.6 Å². The van der Waals surface area contributed by atoms with Gasteiger partial charge in [-0.25, -0.2) is 0 Å². The summed E-state index contributed by atoms with van der Waals surface area (Å²) in [5.41, 5.74) is 3.55. The van der Waals surface area contributed by atoms with Crippen molar-refractivity contribution in [1.82, 2.24) is 0 Å². The van der Waals surface area contributed by atoms with E-state index in [0.717, 1.165) is 17.0 Å². The number of allylic oxidation sites excluding steroid dienone is 1. The van der Waals surface area contributed by atoms with E-state index in [1.807, 2.05) is 42.5 Å². The highest BCUT2D eigenvalue weighted by Crippen LogP contribution is 2.18. The molecular weight excluding hydrogens is 216 g/mol. The Bertz CT molecular complexity index is 469. The summed E-state index contributed by atoms with van der Waals surface area (Å²) in [4.78, 5) is 0. The molecule has 0 fully saturated rings. The second-order valence-electron chi connectivity index (χ2n) is 3.77. The fourth-order valence-electron chi connectivity index (χ4n) is 1.62. The average Bonchev–Trinajstić information content (AvgIpc) is 2.33. The number of hydrogen-bond donors (Lipinski definition) is 0. The minimum absolute atomic E-state index is 0.772. The van der Waals surface area contributed by atoms with Crippen LogP contribution in [0, 0.1) is 0 Å². The maximum Gasteiger partial charge on any atom is 0.0406 e. The molecule has 0 spiro atoms. The Morgan fingerprint density at radius 3 is 2.19 bits per heavy atom. The van der Waals surface area contributed by atoms with E-state index in [0.29, 0.717) is 0 Å². The van der Waals surface area contributed by atoms with Gasteiger partial charge >= 0.3 is 0 Å². The Labute approximate surface area is 101 Å². The van der Waals surface area contributed by atoms with Crippen molar-refractivity contribution in [2.45, 2.75) is 6.42 Å². The maximum absolute atomic E-state index is 5.84. The van der Waals surface area contributed by atoms with Crippen LogP contribution in [0.5, 0.6) is 0 Å². The smallest absolute Gasteiger partial charge is 0.0406 e. The molecule has 2 aromatic rings. The van der Waals surface area contributed by atoms with Crippen LogP contribution in [0.2, 0.25) is 5.02 Å². The maximum atomic E-state index is 5.84. The molecule has 0 aromatic heterocycles. The van der Waals surface area contributed by atoms with Gasteiger partial charge in [0.2, 0.25) is 0 Å². The Hall–Kier alpha value is -1.53. The molecule has 2 aromatic carbocycles. The number of benzene rings is 2. The first-order valence-corrected chi connectivity index (χ1v) is 5.61. The van der Waals surface area contributed by atoms with Crippen molar-refractivity contribution in [2.75, 3.05) is 0 Å². The quantitative estimate of drug-likeness (QED) is 0.721. The van der Waals surface area contributed by atoms with Crippen LogP contribution >= 0.6 is 11.6 Å². The third kappa shape index (κ3) is 2.74. The van der Waals surface area contributed by atoms with E-state index in [2.05, 4.69) is 18.7 Å². The monoisotopic (exact) mass is 228 g/mol. The van der Waals surface area contributed by atoms with Crippen LogP contribution in [-0.4, -0.2) is 0 Å². The van der Waals surface area contributed by atoms with Crippen molar-refractivity contribution in [1.29, 1.82) is 0 Å². The molecule has 80 valence electrons. The average molecular weight is 229 g/mol. The summed E-state index contributed by atoms with van der Waals surface area (Å²) in [6, 6.07) is 18.1. The molecule has 0 heterocycles. The van der Waals surface area contributed by atoms with Gasteiger partial charge in [-0.15, -0.1) is 0 Å². The van der Waals surface area contributed by atoms with Gasteiger partial charge in [0.1, 0.15) is 0 Å². The lowest BCUT2D eigenvalue weighted by molar-refractivity contribution is 1.29. The topological polar surface area (TPSA) is 0 Å². The summed E-state index contributed by atoms with van der Waals surface area (Å²) in [7, 11) is 0. The zero-order chi connectivity index (χ0) is 11.4. The molecule has 16 heavy (non-hydrogen) atoms. The predicted molar refractivity (Wildman–Crippen MR) is 70.6 cm³/mol. The van der Waals surface area contributed by atoms with E-state index in [1.165, 1.54) is 11.1 Å². The zero-order valence-electron chi connectivity index (χ0n) is 8.99. The van der Waals surface area contributed by atoms with Gasteiger partial charge in [-0.2, -0.15) is 0 Å². The lowest BCUT2D eigenvalue weighted by Gasteiger charge is -2.06. The number of hydrogen-bond acceptors (Lipinski definition) is 0. The summed E-state index contributed by atoms with van der Waals surface area (Å²) in [5.74, 6) is 0. The Kier molecular flexibility index (Phi) is 3.43. The fourth-order valence-corrected chi connectivity index (χ4v) is 1.75. The summed E-state index contributed by atoms with van der Waals surface area (Å²) in [6.07, 6.45) is 0.862. The standard InChI is InChI=1S/C15H13Cl/c1-12(14-5-3-2-4-6-14)11-13-7-9-15(16)10-8-13/h2-10H,1,11H2. The molecule has 0 saturated heterocycles. The Morgan fingerprint density at radius 1 is 0.938 bits per heavy atom. The first-order valence-electron chi connectivity index (χ1n) is 5.23. The highest BCUT2D eigenvalue weighted by atomic mass is 35.5. The molecular formula is C15H13Cl. The van der Waals surface area contributed by atoms with E-state index in [9.17, 15) is 0 Å². The summed E-state index contributed by atoms with van der Waals surface area (Å²) >= 11 is 5.84. The molecule has 0 nitrogen and oxygen atoms in total. The molecule has 0 N–H and O–H groups in total. The van der Waals surface area contributed by atoms with E-state index in [1.54, 1.807) is 0 Å².